The van der Waals surface area contributed by atoms with E-state index in [1.807, 2.05) is 22.8 Å². The van der Waals surface area contributed by atoms with Crippen LogP contribution in [-0.4, -0.2) is 75.2 Å². The minimum Gasteiger partial charge on any atom is -0.493 e. The van der Waals surface area contributed by atoms with Gasteiger partial charge in [-0.1, -0.05) is 12.1 Å². The molecule has 8 heteroatoms. The van der Waals surface area contributed by atoms with Crippen molar-refractivity contribution in [2.75, 3.05) is 60.8 Å². The van der Waals surface area contributed by atoms with E-state index in [9.17, 15) is 4.79 Å². The number of fused-ring (bicyclic) bond motifs is 6. The zero-order chi connectivity index (χ0) is 24.8. The number of piperazine rings is 1. The summed E-state index contributed by atoms with van der Waals surface area (Å²) in [6.45, 7) is 6.08. The van der Waals surface area contributed by atoms with Crippen LogP contribution in [0.25, 0.3) is 32.4 Å². The van der Waals surface area contributed by atoms with Crippen LogP contribution in [0.2, 0.25) is 0 Å². The summed E-state index contributed by atoms with van der Waals surface area (Å²) in [5.74, 6) is 2.59. The molecule has 0 amide bonds. The first-order valence-electron chi connectivity index (χ1n) is 12.4. The van der Waals surface area contributed by atoms with E-state index in [-0.39, 0.29) is 12.4 Å². The van der Waals surface area contributed by atoms with Crippen LogP contribution in [0.5, 0.6) is 23.0 Å². The fraction of sp³-hybridized carbons (Fsp3) is 0.393. The Balaban J connectivity index is 1.53. The molecule has 36 heavy (non-hydrogen) atoms. The molecule has 3 heterocycles. The number of aryl methyl sites for hydroxylation is 1. The molecule has 188 valence electrons. The first kappa shape index (κ1) is 22.9. The highest BCUT2D eigenvalue weighted by molar-refractivity contribution is 6.16. The zero-order valence-corrected chi connectivity index (χ0v) is 21.0. The summed E-state index contributed by atoms with van der Waals surface area (Å²) in [7, 11) is 5.37. The van der Waals surface area contributed by atoms with Crippen LogP contribution in [0, 0.1) is 0 Å². The van der Waals surface area contributed by atoms with Crippen molar-refractivity contribution in [3.63, 3.8) is 0 Å². The first-order valence-corrected chi connectivity index (χ1v) is 12.4. The smallest absolute Gasteiger partial charge is 0.259 e. The number of aromatic nitrogens is 1. The van der Waals surface area contributed by atoms with Gasteiger partial charge in [-0.05, 0) is 49.7 Å². The fourth-order valence-electron chi connectivity index (χ4n) is 5.47. The van der Waals surface area contributed by atoms with E-state index in [0.29, 0.717) is 29.2 Å². The van der Waals surface area contributed by atoms with Crippen molar-refractivity contribution >= 4 is 32.4 Å². The predicted molar refractivity (Wildman–Crippen MR) is 141 cm³/mol. The lowest BCUT2D eigenvalue weighted by Crippen LogP contribution is -2.44. The molecule has 3 aromatic carbocycles. The minimum atomic E-state index is -0.0259. The lowest BCUT2D eigenvalue weighted by Gasteiger charge is -2.32. The van der Waals surface area contributed by atoms with E-state index >= 15 is 0 Å². The van der Waals surface area contributed by atoms with Gasteiger partial charge in [0.2, 0.25) is 6.79 Å². The minimum absolute atomic E-state index is 0.0259. The summed E-state index contributed by atoms with van der Waals surface area (Å²) in [5.41, 5.74) is 0.885. The Morgan fingerprint density at radius 1 is 0.806 bits per heavy atom. The zero-order valence-electron chi connectivity index (χ0n) is 21.0. The maximum Gasteiger partial charge on any atom is 0.259 e. The Kier molecular flexibility index (Phi) is 5.85. The van der Waals surface area contributed by atoms with Crippen LogP contribution < -0.4 is 24.5 Å². The summed E-state index contributed by atoms with van der Waals surface area (Å²) in [6.07, 6.45) is 0.887. The molecule has 0 saturated carbocycles. The van der Waals surface area contributed by atoms with E-state index in [0.717, 1.165) is 72.0 Å². The topological polar surface area (TPSA) is 65.4 Å². The molecule has 1 saturated heterocycles. The monoisotopic (exact) mass is 489 g/mol. The van der Waals surface area contributed by atoms with Gasteiger partial charge in [-0.2, -0.15) is 0 Å². The van der Waals surface area contributed by atoms with E-state index in [1.54, 1.807) is 20.3 Å². The highest BCUT2D eigenvalue weighted by Gasteiger charge is 2.21. The maximum atomic E-state index is 14.0. The van der Waals surface area contributed by atoms with Crippen molar-refractivity contribution < 1.29 is 18.9 Å². The number of likely N-dealkylation sites (N-methyl/N-ethyl adjacent to an activating group) is 1. The first-order chi connectivity index (χ1) is 17.6. The summed E-state index contributed by atoms with van der Waals surface area (Å²) in [6, 6.07) is 11.9. The number of pyridine rings is 1. The lowest BCUT2D eigenvalue weighted by molar-refractivity contribution is 0.151. The SMILES string of the molecule is COc1cc2c(=O)n(CCCN3CCN(C)CC3)c3c4cc5c(cc4ccc3c2cc1OC)OCO5. The van der Waals surface area contributed by atoms with Crippen molar-refractivity contribution in [2.24, 2.45) is 0 Å². The number of hydrogen-bond acceptors (Lipinski definition) is 7. The Hall–Kier alpha value is -3.49. The molecule has 2 aliphatic rings. The molecule has 0 spiro atoms. The van der Waals surface area contributed by atoms with Crippen molar-refractivity contribution in [1.29, 1.82) is 0 Å². The van der Waals surface area contributed by atoms with Gasteiger partial charge in [0, 0.05) is 48.9 Å². The number of hydrogen-bond donors (Lipinski definition) is 0. The highest BCUT2D eigenvalue weighted by atomic mass is 16.7. The summed E-state index contributed by atoms with van der Waals surface area (Å²) in [4.78, 5) is 18.8. The van der Waals surface area contributed by atoms with Gasteiger partial charge >= 0.3 is 0 Å². The van der Waals surface area contributed by atoms with Crippen LogP contribution in [0.15, 0.2) is 41.2 Å². The fourth-order valence-corrected chi connectivity index (χ4v) is 5.47. The van der Waals surface area contributed by atoms with Gasteiger partial charge in [-0.25, -0.2) is 0 Å². The molecular formula is C28H31N3O5. The Morgan fingerprint density at radius 3 is 2.22 bits per heavy atom. The van der Waals surface area contributed by atoms with Gasteiger partial charge in [0.05, 0.1) is 25.1 Å². The number of ether oxygens (including phenoxy) is 4. The number of rotatable bonds is 6. The average molecular weight is 490 g/mol. The van der Waals surface area contributed by atoms with Crippen LogP contribution in [0.1, 0.15) is 6.42 Å². The van der Waals surface area contributed by atoms with Gasteiger partial charge < -0.3 is 33.3 Å². The molecule has 2 aliphatic heterocycles. The molecule has 0 aliphatic carbocycles. The van der Waals surface area contributed by atoms with Crippen LogP contribution >= 0.6 is 0 Å². The van der Waals surface area contributed by atoms with E-state index in [2.05, 4.69) is 29.0 Å². The van der Waals surface area contributed by atoms with Gasteiger partial charge in [0.1, 0.15) is 0 Å². The molecule has 6 rings (SSSR count). The van der Waals surface area contributed by atoms with Crippen molar-refractivity contribution in [3.05, 3.63) is 46.8 Å². The van der Waals surface area contributed by atoms with E-state index in [4.69, 9.17) is 18.9 Å². The second-order valence-electron chi connectivity index (χ2n) is 9.60. The van der Waals surface area contributed by atoms with Gasteiger partial charge in [0.15, 0.2) is 23.0 Å². The van der Waals surface area contributed by atoms with Crippen molar-refractivity contribution in [2.45, 2.75) is 13.0 Å². The van der Waals surface area contributed by atoms with E-state index in [1.165, 1.54) is 0 Å². The molecule has 8 nitrogen and oxygen atoms in total. The molecule has 0 unspecified atom stereocenters. The Labute approximate surface area is 209 Å². The van der Waals surface area contributed by atoms with Crippen LogP contribution in [0.3, 0.4) is 0 Å². The quantitative estimate of drug-likeness (QED) is 0.383. The standard InChI is InChI=1S/C28H31N3O5/c1-29-9-11-30(12-10-29)7-4-8-31-27-19(6-5-18-13-25-26(14-20(18)27)36-17-35-25)21-15-23(33-2)24(34-3)16-22(21)28(31)32/h5-6,13-16H,4,7-12,17H2,1-3H3. The molecule has 0 atom stereocenters. The van der Waals surface area contributed by atoms with Crippen molar-refractivity contribution in [1.82, 2.24) is 14.4 Å². The number of methoxy groups -OCH3 is 2. The lowest BCUT2D eigenvalue weighted by atomic mass is 9.99. The van der Waals surface area contributed by atoms with Gasteiger partial charge in [0.25, 0.3) is 5.56 Å². The predicted octanol–water partition coefficient (Wildman–Crippen LogP) is 3.69. The third-order valence-corrected chi connectivity index (χ3v) is 7.50. The second-order valence-corrected chi connectivity index (χ2v) is 9.60. The third-order valence-electron chi connectivity index (χ3n) is 7.50. The molecule has 0 N–H and O–H groups in total. The average Bonchev–Trinajstić information content (AvgIpc) is 3.36. The third kappa shape index (κ3) is 3.81. The Morgan fingerprint density at radius 2 is 1.50 bits per heavy atom. The number of benzene rings is 3. The molecule has 0 bridgehead atoms. The van der Waals surface area contributed by atoms with E-state index < -0.39 is 0 Å². The Bertz CT molecular complexity index is 1520. The summed E-state index contributed by atoms with van der Waals surface area (Å²) in [5, 5.41) is 4.46. The summed E-state index contributed by atoms with van der Waals surface area (Å²) < 4.78 is 24.3. The normalized spacial score (nSPS) is 16.3. The summed E-state index contributed by atoms with van der Waals surface area (Å²) >= 11 is 0. The second kappa shape index (κ2) is 9.19. The molecular weight excluding hydrogens is 458 g/mol. The molecule has 4 aromatic rings. The van der Waals surface area contributed by atoms with Gasteiger partial charge in [-0.15, -0.1) is 0 Å². The molecule has 1 aromatic heterocycles. The molecule has 1 fully saturated rings. The maximum absolute atomic E-state index is 14.0. The molecule has 0 radical (unpaired) electrons. The highest BCUT2D eigenvalue weighted by Crippen LogP contribution is 2.41. The van der Waals surface area contributed by atoms with Gasteiger partial charge in [-0.3, -0.25) is 4.79 Å². The van der Waals surface area contributed by atoms with Crippen LogP contribution in [-0.2, 0) is 6.54 Å². The largest absolute Gasteiger partial charge is 0.493 e. The number of nitrogens with zero attached hydrogens (tertiary/aromatic N) is 3. The van der Waals surface area contributed by atoms with Crippen LogP contribution in [0.4, 0.5) is 0 Å². The van der Waals surface area contributed by atoms with Crippen molar-refractivity contribution in [3.8, 4) is 23.0 Å².